The number of ketones is 1. The van der Waals surface area contributed by atoms with Crippen molar-refractivity contribution < 1.29 is 18.0 Å². The Hall–Kier alpha value is -3.96. The number of benzene rings is 3. The average Bonchev–Trinajstić information content (AvgIpc) is 2.89. The van der Waals surface area contributed by atoms with Gasteiger partial charge in [0.05, 0.1) is 21.8 Å². The lowest BCUT2D eigenvalue weighted by Gasteiger charge is -2.31. The number of sulfone groups is 1. The van der Waals surface area contributed by atoms with Gasteiger partial charge in [0.1, 0.15) is 0 Å². The summed E-state index contributed by atoms with van der Waals surface area (Å²) in [6, 6.07) is 22.4. The van der Waals surface area contributed by atoms with Gasteiger partial charge in [-0.3, -0.25) is 4.79 Å². The van der Waals surface area contributed by atoms with Crippen LogP contribution in [0.5, 0.6) is 0 Å². The molecule has 0 saturated carbocycles. The fourth-order valence-electron chi connectivity index (χ4n) is 4.13. The van der Waals surface area contributed by atoms with E-state index in [0.717, 1.165) is 11.1 Å². The first-order valence-electron chi connectivity index (χ1n) is 11.3. The van der Waals surface area contributed by atoms with E-state index >= 15 is 0 Å². The van der Waals surface area contributed by atoms with Crippen molar-refractivity contribution in [2.75, 3.05) is 18.4 Å². The van der Waals surface area contributed by atoms with Gasteiger partial charge in [0.2, 0.25) is 0 Å². The van der Waals surface area contributed by atoms with Gasteiger partial charge in [-0.05, 0) is 79.4 Å². The molecule has 4 rings (SSSR count). The summed E-state index contributed by atoms with van der Waals surface area (Å²) in [5, 5.41) is 11.2. The second kappa shape index (κ2) is 10.1. The number of likely N-dealkylation sites (tertiary alicyclic amines) is 1. The van der Waals surface area contributed by atoms with Crippen molar-refractivity contribution in [1.29, 1.82) is 5.26 Å². The second-order valence-electron chi connectivity index (χ2n) is 8.51. The summed E-state index contributed by atoms with van der Waals surface area (Å²) in [6.45, 7) is 2.16. The van der Waals surface area contributed by atoms with Gasteiger partial charge in [-0.25, -0.2) is 13.2 Å². The van der Waals surface area contributed by atoms with Crippen molar-refractivity contribution in [3.05, 3.63) is 83.9 Å². The van der Waals surface area contributed by atoms with E-state index in [1.54, 1.807) is 65.6 Å². The first-order chi connectivity index (χ1) is 16.8. The number of nitrogens with zero attached hydrogens (tertiary/aromatic N) is 2. The summed E-state index contributed by atoms with van der Waals surface area (Å²) in [5.74, 6) is -0.0462. The number of hydrogen-bond donors (Lipinski definition) is 1. The molecule has 0 radical (unpaired) electrons. The third kappa shape index (κ3) is 5.42. The van der Waals surface area contributed by atoms with E-state index in [9.17, 15) is 18.0 Å². The molecule has 0 bridgehead atoms. The van der Waals surface area contributed by atoms with Crippen molar-refractivity contribution in [2.45, 2.75) is 29.9 Å². The highest BCUT2D eigenvalue weighted by atomic mass is 32.2. The highest BCUT2D eigenvalue weighted by Gasteiger charge is 2.32. The zero-order valence-corrected chi connectivity index (χ0v) is 20.1. The van der Waals surface area contributed by atoms with Crippen molar-refractivity contribution in [1.82, 2.24) is 4.90 Å². The molecule has 1 aliphatic heterocycles. The van der Waals surface area contributed by atoms with E-state index in [4.69, 9.17) is 5.26 Å². The minimum Gasteiger partial charge on any atom is -0.324 e. The van der Waals surface area contributed by atoms with E-state index < -0.39 is 15.1 Å². The van der Waals surface area contributed by atoms with Gasteiger partial charge in [0.15, 0.2) is 15.6 Å². The quantitative estimate of drug-likeness (QED) is 0.515. The molecule has 0 spiro atoms. The fourth-order valence-corrected chi connectivity index (χ4v) is 5.86. The average molecular weight is 488 g/mol. The van der Waals surface area contributed by atoms with Crippen LogP contribution in [0.3, 0.4) is 0 Å². The molecule has 0 atom stereocenters. The van der Waals surface area contributed by atoms with Gasteiger partial charge >= 0.3 is 6.03 Å². The Bertz CT molecular complexity index is 1370. The number of carbonyl (C=O) groups is 2. The standard InChI is InChI=1S/C27H25N3O4S/c1-19(31)21-6-10-24(11-7-21)29-27(32)30-16-14-26(15-17-30)35(33,34)25-12-8-23(9-13-25)22-4-2-20(18-28)3-5-22/h2-13,26H,14-17H2,1H3,(H,29,32). The van der Waals surface area contributed by atoms with Crippen LogP contribution in [0.15, 0.2) is 77.7 Å². The largest absolute Gasteiger partial charge is 0.324 e. The topological polar surface area (TPSA) is 107 Å². The number of anilines is 1. The van der Waals surface area contributed by atoms with E-state index in [1.165, 1.54) is 6.92 Å². The fraction of sp³-hybridized carbons (Fsp3) is 0.222. The molecule has 8 heteroatoms. The lowest BCUT2D eigenvalue weighted by Crippen LogP contribution is -2.44. The van der Waals surface area contributed by atoms with Gasteiger partial charge in [0, 0.05) is 24.3 Å². The molecule has 3 aromatic carbocycles. The third-order valence-corrected chi connectivity index (χ3v) is 8.52. The van der Waals surface area contributed by atoms with Crippen LogP contribution in [0.25, 0.3) is 11.1 Å². The molecule has 0 aliphatic carbocycles. The number of nitrogens with one attached hydrogen (secondary N) is 1. The minimum atomic E-state index is -3.53. The molecule has 0 unspecified atom stereocenters. The first kappa shape index (κ1) is 24.2. The van der Waals surface area contributed by atoms with E-state index in [1.807, 2.05) is 12.1 Å². The molecule has 35 heavy (non-hydrogen) atoms. The number of nitriles is 1. The van der Waals surface area contributed by atoms with E-state index in [0.29, 0.717) is 42.7 Å². The van der Waals surface area contributed by atoms with Gasteiger partial charge in [-0.15, -0.1) is 0 Å². The van der Waals surface area contributed by atoms with E-state index in [-0.39, 0.29) is 16.7 Å². The van der Waals surface area contributed by atoms with Gasteiger partial charge in [0.25, 0.3) is 0 Å². The zero-order chi connectivity index (χ0) is 25.0. The van der Waals surface area contributed by atoms with Gasteiger partial charge in [-0.1, -0.05) is 24.3 Å². The monoisotopic (exact) mass is 487 g/mol. The van der Waals surface area contributed by atoms with Crippen LogP contribution in [0, 0.1) is 11.3 Å². The molecule has 1 heterocycles. The van der Waals surface area contributed by atoms with Crippen LogP contribution in [-0.2, 0) is 9.84 Å². The van der Waals surface area contributed by atoms with Crippen LogP contribution < -0.4 is 5.32 Å². The lowest BCUT2D eigenvalue weighted by molar-refractivity contribution is 0.101. The van der Waals surface area contributed by atoms with Crippen molar-refractivity contribution in [3.63, 3.8) is 0 Å². The Balaban J connectivity index is 1.36. The summed E-state index contributed by atoms with van der Waals surface area (Å²) in [7, 11) is -3.53. The molecule has 7 nitrogen and oxygen atoms in total. The minimum absolute atomic E-state index is 0.0462. The number of hydrogen-bond acceptors (Lipinski definition) is 5. The number of Topliss-reactive ketones (excluding diaryl/α,β-unsaturated/α-hetero) is 1. The molecule has 0 aromatic heterocycles. The van der Waals surface area contributed by atoms with Crippen LogP contribution in [0.1, 0.15) is 35.7 Å². The van der Waals surface area contributed by atoms with Crippen LogP contribution in [-0.4, -0.2) is 43.5 Å². The maximum atomic E-state index is 13.2. The summed E-state index contributed by atoms with van der Waals surface area (Å²) >= 11 is 0. The second-order valence-corrected chi connectivity index (χ2v) is 10.7. The summed E-state index contributed by atoms with van der Waals surface area (Å²) < 4.78 is 26.4. The maximum absolute atomic E-state index is 13.2. The van der Waals surface area contributed by atoms with Gasteiger partial charge in [-0.2, -0.15) is 5.26 Å². The normalized spacial score (nSPS) is 14.2. The predicted octanol–water partition coefficient (Wildman–Crippen LogP) is 4.90. The Morgan fingerprint density at radius 1 is 0.886 bits per heavy atom. The number of rotatable bonds is 5. The molecule has 1 saturated heterocycles. The maximum Gasteiger partial charge on any atom is 0.321 e. The molecule has 2 amide bonds. The predicted molar refractivity (Wildman–Crippen MR) is 134 cm³/mol. The lowest BCUT2D eigenvalue weighted by atomic mass is 10.0. The molecule has 1 aliphatic rings. The Morgan fingerprint density at radius 3 is 1.94 bits per heavy atom. The van der Waals surface area contributed by atoms with Crippen molar-refractivity contribution >= 4 is 27.3 Å². The number of urea groups is 1. The van der Waals surface area contributed by atoms with Crippen LogP contribution in [0.4, 0.5) is 10.5 Å². The van der Waals surface area contributed by atoms with Crippen molar-refractivity contribution in [2.24, 2.45) is 0 Å². The summed E-state index contributed by atoms with van der Waals surface area (Å²) in [4.78, 5) is 25.9. The zero-order valence-electron chi connectivity index (χ0n) is 19.3. The Labute approximate surface area is 204 Å². The summed E-state index contributed by atoms with van der Waals surface area (Å²) in [5.41, 5.74) is 3.49. The first-order valence-corrected chi connectivity index (χ1v) is 12.8. The third-order valence-electron chi connectivity index (χ3n) is 6.24. The summed E-state index contributed by atoms with van der Waals surface area (Å²) in [6.07, 6.45) is 0.715. The molecular formula is C27H25N3O4S. The smallest absolute Gasteiger partial charge is 0.321 e. The van der Waals surface area contributed by atoms with Gasteiger partial charge < -0.3 is 10.2 Å². The van der Waals surface area contributed by atoms with Crippen LogP contribution >= 0.6 is 0 Å². The number of carbonyl (C=O) groups excluding carboxylic acids is 2. The Kier molecular flexibility index (Phi) is 6.99. The Morgan fingerprint density at radius 2 is 1.43 bits per heavy atom. The molecule has 178 valence electrons. The number of amides is 2. The SMILES string of the molecule is CC(=O)c1ccc(NC(=O)N2CCC(S(=O)(=O)c3ccc(-c4ccc(C#N)cc4)cc3)CC2)cc1. The van der Waals surface area contributed by atoms with E-state index in [2.05, 4.69) is 11.4 Å². The molecule has 3 aromatic rings. The van der Waals surface area contributed by atoms with Crippen LogP contribution in [0.2, 0.25) is 0 Å². The molecule has 1 fully saturated rings. The highest BCUT2D eigenvalue weighted by molar-refractivity contribution is 7.92. The molecular weight excluding hydrogens is 462 g/mol. The molecule has 1 N–H and O–H groups in total. The van der Waals surface area contributed by atoms with Crippen molar-refractivity contribution in [3.8, 4) is 17.2 Å². The highest BCUT2D eigenvalue weighted by Crippen LogP contribution is 2.28. The number of piperidine rings is 1.